The number of hydrogen-bond acceptors (Lipinski definition) is 5. The molecule has 1 unspecified atom stereocenters. The molecular formula is C20H23O7P. The largest absolute Gasteiger partial charge is 0.461 e. The zero-order chi connectivity index (χ0) is 20.4. The molecule has 0 amide bonds. The first-order chi connectivity index (χ1) is 13.3. The molecule has 0 fully saturated rings. The van der Waals surface area contributed by atoms with Gasteiger partial charge in [-0.25, -0.2) is 0 Å². The van der Waals surface area contributed by atoms with Crippen molar-refractivity contribution in [3.63, 3.8) is 0 Å². The van der Waals surface area contributed by atoms with Gasteiger partial charge in [0.05, 0.1) is 12.1 Å². The maximum atomic E-state index is 12.3. The lowest BCUT2D eigenvalue weighted by Crippen LogP contribution is -2.23. The number of carbonyl (C=O) groups excluding carboxylic acids is 2. The van der Waals surface area contributed by atoms with Crippen molar-refractivity contribution < 1.29 is 33.4 Å². The molecule has 2 aromatic carbocycles. The Balaban J connectivity index is 1.86. The summed E-state index contributed by atoms with van der Waals surface area (Å²) in [5.74, 6) is -2.38. The van der Waals surface area contributed by atoms with Gasteiger partial charge in [0.2, 0.25) is 0 Å². The van der Waals surface area contributed by atoms with Crippen LogP contribution in [-0.4, -0.2) is 27.9 Å². The second kappa shape index (κ2) is 10.8. The van der Waals surface area contributed by atoms with Crippen LogP contribution in [0.4, 0.5) is 0 Å². The van der Waals surface area contributed by atoms with Gasteiger partial charge in [0.15, 0.2) is 0 Å². The van der Waals surface area contributed by atoms with E-state index in [-0.39, 0.29) is 26.1 Å². The summed E-state index contributed by atoms with van der Waals surface area (Å²) in [5, 5.41) is 0. The zero-order valence-corrected chi connectivity index (χ0v) is 16.2. The lowest BCUT2D eigenvalue weighted by molar-refractivity contribution is -0.150. The first-order valence-corrected chi connectivity index (χ1v) is 10.6. The van der Waals surface area contributed by atoms with Crippen molar-refractivity contribution in [2.45, 2.75) is 26.1 Å². The van der Waals surface area contributed by atoms with Crippen LogP contribution in [0.1, 0.15) is 24.0 Å². The second-order valence-corrected chi connectivity index (χ2v) is 8.02. The quantitative estimate of drug-likeness (QED) is 0.461. The number of benzene rings is 2. The van der Waals surface area contributed by atoms with Gasteiger partial charge >= 0.3 is 19.5 Å². The predicted molar refractivity (Wildman–Crippen MR) is 102 cm³/mol. The maximum Gasteiger partial charge on any atom is 0.326 e. The molecule has 150 valence electrons. The maximum absolute atomic E-state index is 12.3. The van der Waals surface area contributed by atoms with E-state index in [0.29, 0.717) is 0 Å². The van der Waals surface area contributed by atoms with E-state index in [1.807, 2.05) is 36.4 Å². The topological polar surface area (TPSA) is 110 Å². The summed E-state index contributed by atoms with van der Waals surface area (Å²) >= 11 is 0. The van der Waals surface area contributed by atoms with E-state index in [1.165, 1.54) is 0 Å². The van der Waals surface area contributed by atoms with Crippen molar-refractivity contribution in [2.75, 3.05) is 6.16 Å². The van der Waals surface area contributed by atoms with Crippen LogP contribution in [0.2, 0.25) is 0 Å². The standard InChI is InChI=1S/C20H23O7P/c21-19(26-13-16-7-3-1-4-8-16)12-11-18(15-28(23,24)25)20(22)27-14-17-9-5-2-6-10-17/h1-10,18H,11-15H2,(H2,23,24,25). The van der Waals surface area contributed by atoms with Gasteiger partial charge < -0.3 is 19.3 Å². The van der Waals surface area contributed by atoms with E-state index in [4.69, 9.17) is 9.47 Å². The number of carbonyl (C=O) groups is 2. The normalized spacial score (nSPS) is 12.2. The average molecular weight is 406 g/mol. The van der Waals surface area contributed by atoms with Crippen molar-refractivity contribution in [1.82, 2.24) is 0 Å². The highest BCUT2D eigenvalue weighted by molar-refractivity contribution is 7.51. The van der Waals surface area contributed by atoms with Crippen molar-refractivity contribution >= 4 is 19.5 Å². The molecule has 0 saturated heterocycles. The van der Waals surface area contributed by atoms with Crippen molar-refractivity contribution in [1.29, 1.82) is 0 Å². The minimum absolute atomic E-state index is 0.00418. The molecule has 7 nitrogen and oxygen atoms in total. The Labute approximate surface area is 163 Å². The summed E-state index contributed by atoms with van der Waals surface area (Å²) in [7, 11) is -4.45. The number of hydrogen-bond donors (Lipinski definition) is 2. The number of esters is 2. The Bertz CT molecular complexity index is 802. The Morgan fingerprint density at radius 3 is 1.86 bits per heavy atom. The third-order valence-corrected chi connectivity index (χ3v) is 4.87. The molecule has 0 heterocycles. The Kier molecular flexibility index (Phi) is 8.39. The molecule has 2 aromatic rings. The molecule has 0 spiro atoms. The monoisotopic (exact) mass is 406 g/mol. The number of rotatable bonds is 10. The van der Waals surface area contributed by atoms with Crippen LogP contribution in [0.25, 0.3) is 0 Å². The van der Waals surface area contributed by atoms with Crippen LogP contribution in [-0.2, 0) is 36.8 Å². The molecule has 2 rings (SSSR count). The molecule has 8 heteroatoms. The molecule has 0 bridgehead atoms. The molecule has 28 heavy (non-hydrogen) atoms. The molecule has 0 aliphatic rings. The minimum Gasteiger partial charge on any atom is -0.461 e. The Morgan fingerprint density at radius 2 is 1.36 bits per heavy atom. The third-order valence-electron chi connectivity index (χ3n) is 3.96. The summed E-state index contributed by atoms with van der Waals surface area (Å²) < 4.78 is 21.6. The molecule has 0 aliphatic heterocycles. The van der Waals surface area contributed by atoms with Crippen LogP contribution in [0.15, 0.2) is 60.7 Å². The van der Waals surface area contributed by atoms with Crippen LogP contribution < -0.4 is 0 Å². The fourth-order valence-electron chi connectivity index (χ4n) is 2.52. The van der Waals surface area contributed by atoms with E-state index in [0.717, 1.165) is 11.1 Å². The molecule has 2 N–H and O–H groups in total. The fraction of sp³-hybridized carbons (Fsp3) is 0.300. The van der Waals surface area contributed by atoms with Crippen LogP contribution in [0.3, 0.4) is 0 Å². The van der Waals surface area contributed by atoms with E-state index in [9.17, 15) is 23.9 Å². The molecule has 0 radical (unpaired) electrons. The SMILES string of the molecule is O=C(CCC(CP(=O)(O)O)C(=O)OCc1ccccc1)OCc1ccccc1. The van der Waals surface area contributed by atoms with E-state index in [2.05, 4.69) is 0 Å². The van der Waals surface area contributed by atoms with E-state index < -0.39 is 31.6 Å². The van der Waals surface area contributed by atoms with Crippen molar-refractivity contribution in [2.24, 2.45) is 5.92 Å². The fourth-order valence-corrected chi connectivity index (χ4v) is 3.43. The van der Waals surface area contributed by atoms with E-state index >= 15 is 0 Å². The summed E-state index contributed by atoms with van der Waals surface area (Å²) in [6, 6.07) is 18.1. The highest BCUT2D eigenvalue weighted by Gasteiger charge is 2.29. The smallest absolute Gasteiger partial charge is 0.326 e. The molecule has 0 aliphatic carbocycles. The summed E-state index contributed by atoms with van der Waals surface area (Å²) in [4.78, 5) is 42.6. The summed E-state index contributed by atoms with van der Waals surface area (Å²) in [6.45, 7) is 0.0943. The Morgan fingerprint density at radius 1 is 0.857 bits per heavy atom. The molecular weight excluding hydrogens is 383 g/mol. The van der Waals surface area contributed by atoms with Gasteiger partial charge in [-0.1, -0.05) is 60.7 Å². The van der Waals surface area contributed by atoms with Gasteiger partial charge in [-0.2, -0.15) is 0 Å². The third kappa shape index (κ3) is 8.48. The first kappa shape index (κ1) is 21.8. The highest BCUT2D eigenvalue weighted by Crippen LogP contribution is 2.38. The van der Waals surface area contributed by atoms with Gasteiger partial charge in [-0.3, -0.25) is 14.2 Å². The van der Waals surface area contributed by atoms with Gasteiger partial charge in [-0.15, -0.1) is 0 Å². The number of ether oxygens (including phenoxy) is 2. The molecule has 0 saturated carbocycles. The first-order valence-electron chi connectivity index (χ1n) is 8.78. The summed E-state index contributed by atoms with van der Waals surface area (Å²) in [6.07, 6.45) is -0.878. The minimum atomic E-state index is -4.45. The van der Waals surface area contributed by atoms with Crippen molar-refractivity contribution in [3.05, 3.63) is 71.8 Å². The van der Waals surface area contributed by atoms with E-state index in [1.54, 1.807) is 24.3 Å². The molecule has 1 atom stereocenters. The lowest BCUT2D eigenvalue weighted by Gasteiger charge is -2.16. The average Bonchev–Trinajstić information content (AvgIpc) is 2.68. The molecule has 0 aromatic heterocycles. The van der Waals surface area contributed by atoms with Crippen LogP contribution >= 0.6 is 7.60 Å². The van der Waals surface area contributed by atoms with Crippen LogP contribution in [0.5, 0.6) is 0 Å². The Hall–Kier alpha value is -2.47. The highest BCUT2D eigenvalue weighted by atomic mass is 31.2. The van der Waals surface area contributed by atoms with Crippen molar-refractivity contribution in [3.8, 4) is 0 Å². The van der Waals surface area contributed by atoms with Crippen LogP contribution in [0, 0.1) is 5.92 Å². The van der Waals surface area contributed by atoms with Gasteiger partial charge in [0, 0.05) is 6.42 Å². The van der Waals surface area contributed by atoms with Gasteiger partial charge in [-0.05, 0) is 17.5 Å². The zero-order valence-electron chi connectivity index (χ0n) is 15.3. The summed E-state index contributed by atoms with van der Waals surface area (Å²) in [5.41, 5.74) is 1.58. The van der Waals surface area contributed by atoms with Gasteiger partial charge in [0.25, 0.3) is 0 Å². The van der Waals surface area contributed by atoms with Gasteiger partial charge in [0.1, 0.15) is 13.2 Å². The lowest BCUT2D eigenvalue weighted by atomic mass is 10.1. The predicted octanol–water partition coefficient (Wildman–Crippen LogP) is 3.05. The second-order valence-electron chi connectivity index (χ2n) is 6.32.